The van der Waals surface area contributed by atoms with Crippen molar-refractivity contribution in [2.45, 2.75) is 32.6 Å². The Labute approximate surface area is 118 Å². The van der Waals surface area contributed by atoms with Gasteiger partial charge in [-0.25, -0.2) is 0 Å². The molecule has 3 nitrogen and oxygen atoms in total. The normalized spacial score (nSPS) is 13.5. The summed E-state index contributed by atoms with van der Waals surface area (Å²) in [6.45, 7) is 8.88. The lowest BCUT2D eigenvalue weighted by Gasteiger charge is -2.32. The van der Waals surface area contributed by atoms with E-state index in [0.717, 1.165) is 16.6 Å². The van der Waals surface area contributed by atoms with E-state index in [-0.39, 0.29) is 0 Å². The minimum absolute atomic E-state index is 0.461. The van der Waals surface area contributed by atoms with E-state index in [1.165, 1.54) is 31.6 Å². The number of nitrogens with two attached hydrogens (primary N) is 2. The quantitative estimate of drug-likeness (QED) is 0.560. The van der Waals surface area contributed by atoms with Crippen LogP contribution < -0.4 is 11.5 Å². The van der Waals surface area contributed by atoms with Crippen LogP contribution in [0.3, 0.4) is 0 Å². The van der Waals surface area contributed by atoms with Crippen molar-refractivity contribution < 1.29 is 4.48 Å². The first-order valence-corrected chi connectivity index (χ1v) is 7.43. The van der Waals surface area contributed by atoms with Crippen molar-refractivity contribution in [3.8, 4) is 0 Å². The molecule has 0 aliphatic carbocycles. The number of nitrogens with zero attached hydrogens (tertiary/aromatic N) is 1. The van der Waals surface area contributed by atoms with Gasteiger partial charge in [-0.05, 0) is 56.8 Å². The molecule has 1 rings (SSSR count). The summed E-state index contributed by atoms with van der Waals surface area (Å²) >= 11 is 0. The van der Waals surface area contributed by atoms with Crippen LogP contribution in [-0.4, -0.2) is 37.7 Å². The van der Waals surface area contributed by atoms with E-state index < -0.39 is 0 Å². The van der Waals surface area contributed by atoms with Crippen LogP contribution in [0.2, 0.25) is 0 Å². The Balaban J connectivity index is 2.52. The molecule has 19 heavy (non-hydrogen) atoms. The Bertz CT molecular complexity index is 355. The SMILES string of the molecule is CC[N+](C)(CC)CCCC(CN)c1ccc(N)cc1. The third-order valence-electron chi connectivity index (χ3n) is 4.47. The summed E-state index contributed by atoms with van der Waals surface area (Å²) in [7, 11) is 2.33. The van der Waals surface area contributed by atoms with E-state index in [0.29, 0.717) is 12.5 Å². The van der Waals surface area contributed by atoms with Crippen LogP contribution in [0.15, 0.2) is 24.3 Å². The molecule has 1 aromatic carbocycles. The van der Waals surface area contributed by atoms with Gasteiger partial charge in [0.1, 0.15) is 0 Å². The molecule has 3 heteroatoms. The molecule has 0 saturated heterocycles. The Kier molecular flexibility index (Phi) is 6.32. The van der Waals surface area contributed by atoms with Gasteiger partial charge in [-0.15, -0.1) is 0 Å². The number of nitrogen functional groups attached to an aromatic ring is 1. The van der Waals surface area contributed by atoms with Crippen molar-refractivity contribution in [1.29, 1.82) is 0 Å². The van der Waals surface area contributed by atoms with Crippen molar-refractivity contribution in [1.82, 2.24) is 0 Å². The lowest BCUT2D eigenvalue weighted by atomic mass is 9.94. The van der Waals surface area contributed by atoms with E-state index in [9.17, 15) is 0 Å². The molecule has 0 aliphatic heterocycles. The molecule has 0 aromatic heterocycles. The van der Waals surface area contributed by atoms with Gasteiger partial charge in [-0.1, -0.05) is 12.1 Å². The number of hydrogen-bond donors (Lipinski definition) is 2. The number of quaternary nitrogens is 1. The lowest BCUT2D eigenvalue weighted by Crippen LogP contribution is -2.44. The minimum atomic E-state index is 0.461. The molecule has 0 amide bonds. The average molecular weight is 264 g/mol. The predicted octanol–water partition coefficient (Wildman–Crippen LogP) is 2.58. The van der Waals surface area contributed by atoms with Crippen molar-refractivity contribution in [3.05, 3.63) is 29.8 Å². The fourth-order valence-electron chi connectivity index (χ4n) is 2.45. The molecule has 1 aromatic rings. The molecule has 1 atom stereocenters. The molecule has 0 bridgehead atoms. The molecule has 0 heterocycles. The summed E-state index contributed by atoms with van der Waals surface area (Å²) in [4.78, 5) is 0. The molecule has 4 N–H and O–H groups in total. The monoisotopic (exact) mass is 264 g/mol. The van der Waals surface area contributed by atoms with E-state index in [4.69, 9.17) is 11.5 Å². The maximum atomic E-state index is 5.92. The van der Waals surface area contributed by atoms with Crippen LogP contribution in [0.4, 0.5) is 5.69 Å². The van der Waals surface area contributed by atoms with Gasteiger partial charge < -0.3 is 16.0 Å². The minimum Gasteiger partial charge on any atom is -0.399 e. The summed E-state index contributed by atoms with van der Waals surface area (Å²) in [6, 6.07) is 8.16. The summed E-state index contributed by atoms with van der Waals surface area (Å²) in [6.07, 6.45) is 2.39. The highest BCUT2D eigenvalue weighted by Crippen LogP contribution is 2.22. The maximum absolute atomic E-state index is 5.92. The molecule has 0 spiro atoms. The highest BCUT2D eigenvalue weighted by molar-refractivity contribution is 5.40. The van der Waals surface area contributed by atoms with Gasteiger partial charge >= 0.3 is 0 Å². The van der Waals surface area contributed by atoms with Crippen LogP contribution in [-0.2, 0) is 0 Å². The number of rotatable bonds is 8. The molecule has 0 aliphatic rings. The summed E-state index contributed by atoms with van der Waals surface area (Å²) in [5.74, 6) is 0.461. The molecule has 1 unspecified atom stereocenters. The molecule has 0 radical (unpaired) electrons. The van der Waals surface area contributed by atoms with E-state index in [2.05, 4.69) is 33.0 Å². The van der Waals surface area contributed by atoms with Crippen molar-refractivity contribution in [3.63, 3.8) is 0 Å². The zero-order chi connectivity index (χ0) is 14.3. The number of benzene rings is 1. The van der Waals surface area contributed by atoms with Gasteiger partial charge in [0.05, 0.1) is 26.7 Å². The standard InChI is InChI=1S/C16H30N3/c1-4-19(3,5-2)12-6-7-15(13-17)14-8-10-16(18)11-9-14/h8-11,15H,4-7,12-13,17-18H2,1-3H3/q+1. The van der Waals surface area contributed by atoms with Crippen molar-refractivity contribution in [2.24, 2.45) is 5.73 Å². The van der Waals surface area contributed by atoms with E-state index >= 15 is 0 Å². The summed E-state index contributed by atoms with van der Waals surface area (Å²) in [5, 5.41) is 0. The third kappa shape index (κ3) is 4.84. The first-order chi connectivity index (χ1) is 9.04. The highest BCUT2D eigenvalue weighted by atomic mass is 15.3. The average Bonchev–Trinajstić information content (AvgIpc) is 2.44. The Morgan fingerprint density at radius 3 is 2.16 bits per heavy atom. The van der Waals surface area contributed by atoms with Gasteiger partial charge in [0.15, 0.2) is 0 Å². The van der Waals surface area contributed by atoms with Gasteiger partial charge in [0, 0.05) is 5.69 Å². The highest BCUT2D eigenvalue weighted by Gasteiger charge is 2.17. The zero-order valence-electron chi connectivity index (χ0n) is 12.7. The lowest BCUT2D eigenvalue weighted by molar-refractivity contribution is -0.906. The molecule has 0 fully saturated rings. The third-order valence-corrected chi connectivity index (χ3v) is 4.47. The molecular weight excluding hydrogens is 234 g/mol. The number of anilines is 1. The molecule has 108 valence electrons. The predicted molar refractivity (Wildman–Crippen MR) is 84.0 cm³/mol. The van der Waals surface area contributed by atoms with Crippen LogP contribution in [0.1, 0.15) is 38.2 Å². The van der Waals surface area contributed by atoms with Crippen LogP contribution in [0, 0.1) is 0 Å². The van der Waals surface area contributed by atoms with Crippen LogP contribution in [0.5, 0.6) is 0 Å². The van der Waals surface area contributed by atoms with Crippen molar-refractivity contribution >= 4 is 5.69 Å². The van der Waals surface area contributed by atoms with Crippen LogP contribution in [0.25, 0.3) is 0 Å². The first kappa shape index (κ1) is 16.0. The Hall–Kier alpha value is -1.06. The first-order valence-electron chi connectivity index (χ1n) is 7.43. The molecule has 0 saturated carbocycles. The summed E-state index contributed by atoms with van der Waals surface area (Å²) in [5.41, 5.74) is 13.8. The second-order valence-corrected chi connectivity index (χ2v) is 5.72. The van der Waals surface area contributed by atoms with E-state index in [1.54, 1.807) is 0 Å². The fourth-order valence-corrected chi connectivity index (χ4v) is 2.45. The maximum Gasteiger partial charge on any atom is 0.0784 e. The van der Waals surface area contributed by atoms with Gasteiger partial charge in [-0.3, -0.25) is 0 Å². The van der Waals surface area contributed by atoms with Crippen molar-refractivity contribution in [2.75, 3.05) is 39.0 Å². The molecular formula is C16H30N3+. The van der Waals surface area contributed by atoms with Gasteiger partial charge in [0.25, 0.3) is 0 Å². The Morgan fingerprint density at radius 2 is 1.68 bits per heavy atom. The van der Waals surface area contributed by atoms with Gasteiger partial charge in [-0.2, -0.15) is 0 Å². The largest absolute Gasteiger partial charge is 0.399 e. The van der Waals surface area contributed by atoms with Crippen LogP contribution >= 0.6 is 0 Å². The second-order valence-electron chi connectivity index (χ2n) is 5.72. The Morgan fingerprint density at radius 1 is 1.11 bits per heavy atom. The smallest absolute Gasteiger partial charge is 0.0784 e. The van der Waals surface area contributed by atoms with E-state index in [1.807, 2.05) is 12.1 Å². The second kappa shape index (κ2) is 7.51. The summed E-state index contributed by atoms with van der Waals surface area (Å²) < 4.78 is 1.15. The van der Waals surface area contributed by atoms with Gasteiger partial charge in [0.2, 0.25) is 0 Å². The topological polar surface area (TPSA) is 52.0 Å². The number of hydrogen-bond acceptors (Lipinski definition) is 2. The fraction of sp³-hybridized carbons (Fsp3) is 0.625. The zero-order valence-corrected chi connectivity index (χ0v) is 12.7.